The maximum absolute atomic E-state index is 12.6. The first kappa shape index (κ1) is 15.2. The fourth-order valence-corrected chi connectivity index (χ4v) is 2.30. The smallest absolute Gasteiger partial charge is 0.305 e. The Morgan fingerprint density at radius 1 is 1.52 bits per heavy atom. The van der Waals surface area contributed by atoms with Gasteiger partial charge in [-0.25, -0.2) is 4.98 Å². The van der Waals surface area contributed by atoms with Crippen LogP contribution in [0.3, 0.4) is 0 Å². The van der Waals surface area contributed by atoms with E-state index in [-0.39, 0.29) is 24.8 Å². The van der Waals surface area contributed by atoms with Crippen LogP contribution in [0, 0.1) is 6.92 Å². The summed E-state index contributed by atoms with van der Waals surface area (Å²) in [7, 11) is 1.45. The fourth-order valence-electron chi connectivity index (χ4n) is 2.30. The number of aryl methyl sites for hydroxylation is 1. The lowest BCUT2D eigenvalue weighted by molar-refractivity contribution is -0.139. The van der Waals surface area contributed by atoms with Gasteiger partial charge in [0.1, 0.15) is 5.56 Å². The van der Waals surface area contributed by atoms with E-state index in [9.17, 15) is 9.59 Å². The molecular formula is C14H18N2O5. The second-order valence-corrected chi connectivity index (χ2v) is 4.83. The number of rotatable bonds is 4. The lowest BCUT2D eigenvalue weighted by atomic mass is 10.1. The van der Waals surface area contributed by atoms with E-state index in [4.69, 9.17) is 14.6 Å². The van der Waals surface area contributed by atoms with Gasteiger partial charge < -0.3 is 19.5 Å². The van der Waals surface area contributed by atoms with Crippen molar-refractivity contribution in [1.29, 1.82) is 0 Å². The molecule has 1 aromatic heterocycles. The van der Waals surface area contributed by atoms with E-state index >= 15 is 0 Å². The third-order valence-electron chi connectivity index (χ3n) is 3.32. The largest absolute Gasteiger partial charge is 0.481 e. The zero-order valence-corrected chi connectivity index (χ0v) is 12.0. The van der Waals surface area contributed by atoms with Gasteiger partial charge in [0.15, 0.2) is 0 Å². The van der Waals surface area contributed by atoms with Crippen LogP contribution in [0.4, 0.5) is 0 Å². The Labute approximate surface area is 122 Å². The van der Waals surface area contributed by atoms with Crippen molar-refractivity contribution in [2.24, 2.45) is 0 Å². The minimum atomic E-state index is -0.961. The molecule has 1 fully saturated rings. The number of morpholine rings is 1. The lowest BCUT2D eigenvalue weighted by Crippen LogP contribution is -2.49. The first-order valence-electron chi connectivity index (χ1n) is 6.65. The van der Waals surface area contributed by atoms with Crippen LogP contribution >= 0.6 is 0 Å². The van der Waals surface area contributed by atoms with Crippen LogP contribution in [0.1, 0.15) is 22.5 Å². The number of ether oxygens (including phenoxy) is 2. The van der Waals surface area contributed by atoms with Gasteiger partial charge in [-0.3, -0.25) is 9.59 Å². The van der Waals surface area contributed by atoms with Crippen molar-refractivity contribution in [2.75, 3.05) is 26.9 Å². The van der Waals surface area contributed by atoms with Crippen molar-refractivity contribution >= 4 is 11.9 Å². The molecule has 7 heteroatoms. The van der Waals surface area contributed by atoms with Gasteiger partial charge in [-0.1, -0.05) is 0 Å². The normalized spacial score (nSPS) is 18.4. The minimum absolute atomic E-state index is 0.145. The topological polar surface area (TPSA) is 89.0 Å². The van der Waals surface area contributed by atoms with E-state index in [1.807, 2.05) is 0 Å². The second kappa shape index (κ2) is 6.53. The third-order valence-corrected chi connectivity index (χ3v) is 3.32. The summed E-state index contributed by atoms with van der Waals surface area (Å²) in [6.07, 6.45) is -0.145. The van der Waals surface area contributed by atoms with Gasteiger partial charge in [0.05, 0.1) is 32.8 Å². The van der Waals surface area contributed by atoms with Crippen molar-refractivity contribution in [3.63, 3.8) is 0 Å². The highest BCUT2D eigenvalue weighted by atomic mass is 16.5. The number of carbonyl (C=O) groups excluding carboxylic acids is 1. The van der Waals surface area contributed by atoms with Gasteiger partial charge in [-0.15, -0.1) is 0 Å². The molecule has 21 heavy (non-hydrogen) atoms. The molecule has 2 heterocycles. The molecule has 0 aromatic carbocycles. The number of hydrogen-bond acceptors (Lipinski definition) is 5. The number of hydrogen-bond donors (Lipinski definition) is 1. The monoisotopic (exact) mass is 294 g/mol. The number of nitrogens with zero attached hydrogens (tertiary/aromatic N) is 2. The first-order valence-corrected chi connectivity index (χ1v) is 6.65. The van der Waals surface area contributed by atoms with Crippen LogP contribution in [0.2, 0.25) is 0 Å². The average molecular weight is 294 g/mol. The highest BCUT2D eigenvalue weighted by Gasteiger charge is 2.31. The molecule has 2 rings (SSSR count). The molecule has 1 saturated heterocycles. The second-order valence-electron chi connectivity index (χ2n) is 4.83. The molecule has 7 nitrogen and oxygen atoms in total. The summed E-state index contributed by atoms with van der Waals surface area (Å²) < 4.78 is 10.4. The molecule has 1 aliphatic heterocycles. The summed E-state index contributed by atoms with van der Waals surface area (Å²) in [5, 5.41) is 8.94. The number of pyridine rings is 1. The number of carboxylic acids is 1. The zero-order chi connectivity index (χ0) is 15.4. The number of carbonyl (C=O) groups is 2. The Kier molecular flexibility index (Phi) is 4.74. The van der Waals surface area contributed by atoms with Gasteiger partial charge >= 0.3 is 5.97 Å². The highest BCUT2D eigenvalue weighted by Crippen LogP contribution is 2.21. The summed E-state index contributed by atoms with van der Waals surface area (Å²) in [4.78, 5) is 29.2. The molecule has 0 spiro atoms. The summed E-state index contributed by atoms with van der Waals surface area (Å²) in [6, 6.07) is 2.90. The summed E-state index contributed by atoms with van der Waals surface area (Å²) >= 11 is 0. The SMILES string of the molecule is COc1nc(C)ccc1C(=O)N1CCOCC1CC(=O)O. The van der Waals surface area contributed by atoms with E-state index in [2.05, 4.69) is 4.98 Å². The Bertz CT molecular complexity index is 546. The van der Waals surface area contributed by atoms with Gasteiger partial charge in [-0.2, -0.15) is 0 Å². The lowest BCUT2D eigenvalue weighted by Gasteiger charge is -2.35. The third kappa shape index (κ3) is 3.49. The molecule has 114 valence electrons. The van der Waals surface area contributed by atoms with E-state index in [1.54, 1.807) is 19.1 Å². The number of aliphatic carboxylic acids is 1. The fraction of sp³-hybridized carbons (Fsp3) is 0.500. The maximum Gasteiger partial charge on any atom is 0.305 e. The van der Waals surface area contributed by atoms with Gasteiger partial charge in [0.25, 0.3) is 5.91 Å². The first-order chi connectivity index (χ1) is 10.0. The maximum atomic E-state index is 12.6. The molecule has 1 unspecified atom stereocenters. The Balaban J connectivity index is 2.26. The van der Waals surface area contributed by atoms with Crippen LogP contribution in [-0.4, -0.2) is 59.8 Å². The minimum Gasteiger partial charge on any atom is -0.481 e. The summed E-state index contributed by atoms with van der Waals surface area (Å²) in [5.74, 6) is -0.994. The molecular weight excluding hydrogens is 276 g/mol. The molecule has 0 bridgehead atoms. The van der Waals surface area contributed by atoms with E-state index in [0.29, 0.717) is 18.7 Å². The van der Waals surface area contributed by atoms with Gasteiger partial charge in [0, 0.05) is 12.2 Å². The number of amides is 1. The van der Waals surface area contributed by atoms with E-state index < -0.39 is 12.0 Å². The molecule has 1 aromatic rings. The van der Waals surface area contributed by atoms with Gasteiger partial charge in [0.2, 0.25) is 5.88 Å². The van der Waals surface area contributed by atoms with Gasteiger partial charge in [-0.05, 0) is 19.1 Å². The highest BCUT2D eigenvalue weighted by molar-refractivity contribution is 5.96. The van der Waals surface area contributed by atoms with Crippen molar-refractivity contribution in [3.05, 3.63) is 23.4 Å². The summed E-state index contributed by atoms with van der Waals surface area (Å²) in [5.41, 5.74) is 1.08. The Morgan fingerprint density at radius 2 is 2.29 bits per heavy atom. The molecule has 1 N–H and O–H groups in total. The molecule has 1 atom stereocenters. The number of methoxy groups -OCH3 is 1. The predicted octanol–water partition coefficient (Wildman–Crippen LogP) is 0.714. The Morgan fingerprint density at radius 3 is 2.95 bits per heavy atom. The van der Waals surface area contributed by atoms with Crippen LogP contribution in [0.5, 0.6) is 5.88 Å². The molecule has 0 radical (unpaired) electrons. The number of aromatic nitrogens is 1. The molecule has 1 amide bonds. The van der Waals surface area contributed by atoms with Crippen molar-refractivity contribution < 1.29 is 24.2 Å². The molecule has 0 saturated carbocycles. The average Bonchev–Trinajstić information content (AvgIpc) is 2.46. The number of carboxylic acid groups (broad SMARTS) is 1. The van der Waals surface area contributed by atoms with Crippen LogP contribution in [0.15, 0.2) is 12.1 Å². The van der Waals surface area contributed by atoms with E-state index in [1.165, 1.54) is 12.0 Å². The van der Waals surface area contributed by atoms with Crippen molar-refractivity contribution in [2.45, 2.75) is 19.4 Å². The molecule has 0 aliphatic carbocycles. The Hall–Kier alpha value is -2.15. The van der Waals surface area contributed by atoms with Crippen molar-refractivity contribution in [1.82, 2.24) is 9.88 Å². The van der Waals surface area contributed by atoms with Crippen LogP contribution in [0.25, 0.3) is 0 Å². The van der Waals surface area contributed by atoms with Crippen molar-refractivity contribution in [3.8, 4) is 5.88 Å². The standard InChI is InChI=1S/C14H18N2O5/c1-9-3-4-11(13(15-9)20-2)14(19)16-5-6-21-8-10(16)7-12(17)18/h3-4,10H,5-8H2,1-2H3,(H,17,18). The van der Waals surface area contributed by atoms with E-state index in [0.717, 1.165) is 5.69 Å². The molecule has 1 aliphatic rings. The quantitative estimate of drug-likeness (QED) is 0.880. The zero-order valence-electron chi connectivity index (χ0n) is 12.0. The van der Waals surface area contributed by atoms with Crippen LogP contribution < -0.4 is 4.74 Å². The predicted molar refractivity (Wildman–Crippen MR) is 73.4 cm³/mol. The summed E-state index contributed by atoms with van der Waals surface area (Å²) in [6.45, 7) is 2.77. The van der Waals surface area contributed by atoms with Crippen LogP contribution in [-0.2, 0) is 9.53 Å².